The quantitative estimate of drug-likeness (QED) is 0.609. The fourth-order valence-electron chi connectivity index (χ4n) is 2.73. The highest BCUT2D eigenvalue weighted by atomic mass is 16.6. The lowest BCUT2D eigenvalue weighted by Crippen LogP contribution is -2.06. The van der Waals surface area contributed by atoms with Gasteiger partial charge in [-0.25, -0.2) is 9.79 Å². The summed E-state index contributed by atoms with van der Waals surface area (Å²) < 4.78 is 17.6. The molecule has 0 saturated heterocycles. The third-order valence-corrected chi connectivity index (χ3v) is 3.98. The van der Waals surface area contributed by atoms with Crippen LogP contribution >= 0.6 is 0 Å². The number of rotatable bonds is 5. The molecule has 1 aliphatic heterocycles. The van der Waals surface area contributed by atoms with Crippen molar-refractivity contribution >= 4 is 17.9 Å². The first kappa shape index (κ1) is 17.7. The average molecular weight is 355 g/mol. The van der Waals surface area contributed by atoms with Crippen molar-refractivity contribution in [3.8, 4) is 11.5 Å². The number of carbonyl (C=O) groups excluding carboxylic acids is 1. The lowest BCUT2D eigenvalue weighted by atomic mass is 10.1. The Morgan fingerprint density at radius 2 is 1.92 bits per heavy atom. The summed E-state index contributed by atoms with van der Waals surface area (Å²) in [6.07, 6.45) is 3.57. The van der Waals surface area contributed by atoms with E-state index in [-0.39, 0.29) is 17.5 Å². The van der Waals surface area contributed by atoms with Gasteiger partial charge in [0.25, 0.3) is 0 Å². The lowest BCUT2D eigenvalue weighted by molar-refractivity contribution is -0.129. The van der Waals surface area contributed by atoms with Crippen LogP contribution in [0.25, 0.3) is 6.08 Å². The van der Waals surface area contributed by atoms with Crippen molar-refractivity contribution in [2.75, 3.05) is 14.2 Å². The summed E-state index contributed by atoms with van der Waals surface area (Å²) >= 11 is 0. The molecule has 1 aliphatic rings. The lowest BCUT2D eigenvalue weighted by Gasteiger charge is -2.08. The van der Waals surface area contributed by atoms with Gasteiger partial charge in [-0.1, -0.05) is 13.8 Å². The number of cyclic esters (lactones) is 1. The van der Waals surface area contributed by atoms with Gasteiger partial charge in [-0.3, -0.25) is 4.68 Å². The number of hydrogen-bond donors (Lipinski definition) is 0. The van der Waals surface area contributed by atoms with Crippen molar-refractivity contribution in [1.29, 1.82) is 0 Å². The van der Waals surface area contributed by atoms with Gasteiger partial charge in [-0.15, -0.1) is 0 Å². The second-order valence-corrected chi connectivity index (χ2v) is 6.20. The molecule has 0 N–H and O–H groups in total. The van der Waals surface area contributed by atoms with Gasteiger partial charge < -0.3 is 14.2 Å². The number of benzene rings is 1. The molecule has 2 aromatic rings. The zero-order valence-corrected chi connectivity index (χ0v) is 15.4. The Morgan fingerprint density at radius 1 is 1.19 bits per heavy atom. The van der Waals surface area contributed by atoms with Crippen LogP contribution in [0.4, 0.5) is 0 Å². The van der Waals surface area contributed by atoms with E-state index in [2.05, 4.69) is 23.9 Å². The smallest absolute Gasteiger partial charge is 0.363 e. The van der Waals surface area contributed by atoms with E-state index in [4.69, 9.17) is 14.2 Å². The molecule has 0 fully saturated rings. The molecule has 0 aliphatic carbocycles. The Labute approximate surface area is 151 Å². The Morgan fingerprint density at radius 3 is 2.58 bits per heavy atom. The topological polar surface area (TPSA) is 74.9 Å². The monoisotopic (exact) mass is 355 g/mol. The highest BCUT2D eigenvalue weighted by Crippen LogP contribution is 2.30. The van der Waals surface area contributed by atoms with Crippen molar-refractivity contribution < 1.29 is 19.0 Å². The van der Waals surface area contributed by atoms with E-state index in [1.54, 1.807) is 43.2 Å². The number of methoxy groups -OCH3 is 2. The fraction of sp³-hybridized carbons (Fsp3) is 0.316. The summed E-state index contributed by atoms with van der Waals surface area (Å²) in [4.78, 5) is 16.6. The SMILES string of the molecule is COc1ccc(C2=NC(=Cc3cn(C)nc3C(C)C)C(=O)O2)cc1OC. The second-order valence-electron chi connectivity index (χ2n) is 6.20. The molecule has 136 valence electrons. The summed E-state index contributed by atoms with van der Waals surface area (Å²) in [5, 5.41) is 4.44. The molecule has 7 nitrogen and oxygen atoms in total. The van der Waals surface area contributed by atoms with Crippen LogP contribution in [0, 0.1) is 0 Å². The normalized spacial score (nSPS) is 15.4. The molecule has 0 saturated carbocycles. The minimum atomic E-state index is -0.492. The number of nitrogens with zero attached hydrogens (tertiary/aromatic N) is 3. The Balaban J connectivity index is 1.97. The van der Waals surface area contributed by atoms with Gasteiger partial charge in [0, 0.05) is 24.4 Å². The van der Waals surface area contributed by atoms with E-state index in [0.29, 0.717) is 17.1 Å². The van der Waals surface area contributed by atoms with Gasteiger partial charge in [-0.2, -0.15) is 5.10 Å². The molecule has 0 spiro atoms. The number of esters is 1. The molecule has 0 unspecified atom stereocenters. The van der Waals surface area contributed by atoms with Crippen molar-refractivity contribution in [3.05, 3.63) is 46.9 Å². The Bertz CT molecular complexity index is 910. The zero-order chi connectivity index (χ0) is 18.8. The molecule has 0 bridgehead atoms. The summed E-state index contributed by atoms with van der Waals surface area (Å²) in [6.45, 7) is 4.10. The molecule has 26 heavy (non-hydrogen) atoms. The first-order chi connectivity index (χ1) is 12.4. The molecular formula is C19H21N3O4. The number of hydrogen-bond acceptors (Lipinski definition) is 6. The molecule has 7 heteroatoms. The molecule has 0 radical (unpaired) electrons. The molecule has 0 amide bonds. The van der Waals surface area contributed by atoms with Crippen LogP contribution in [0.1, 0.15) is 36.6 Å². The first-order valence-electron chi connectivity index (χ1n) is 8.21. The molecule has 2 heterocycles. The fourth-order valence-corrected chi connectivity index (χ4v) is 2.73. The number of ether oxygens (including phenoxy) is 3. The number of aryl methyl sites for hydroxylation is 1. The maximum absolute atomic E-state index is 12.2. The van der Waals surface area contributed by atoms with Crippen LogP contribution in [0.3, 0.4) is 0 Å². The van der Waals surface area contributed by atoms with Gasteiger partial charge in [0.2, 0.25) is 5.90 Å². The highest BCUT2D eigenvalue weighted by Gasteiger charge is 2.26. The van der Waals surface area contributed by atoms with E-state index >= 15 is 0 Å². The van der Waals surface area contributed by atoms with Gasteiger partial charge in [0.1, 0.15) is 0 Å². The largest absolute Gasteiger partial charge is 0.493 e. The minimum absolute atomic E-state index is 0.231. The van der Waals surface area contributed by atoms with Crippen LogP contribution in [0.15, 0.2) is 35.1 Å². The van der Waals surface area contributed by atoms with Crippen molar-refractivity contribution in [2.24, 2.45) is 12.0 Å². The van der Waals surface area contributed by atoms with Crippen molar-refractivity contribution in [3.63, 3.8) is 0 Å². The number of aromatic nitrogens is 2. The standard InChI is InChI=1S/C19H21N3O4/c1-11(2)17-13(10-22(3)21-17)8-14-19(23)26-18(20-14)12-6-7-15(24-4)16(9-12)25-5/h6-11H,1-5H3. The van der Waals surface area contributed by atoms with Crippen LogP contribution in [0.2, 0.25) is 0 Å². The number of carbonyl (C=O) groups is 1. The van der Waals surface area contributed by atoms with E-state index in [1.807, 2.05) is 13.2 Å². The van der Waals surface area contributed by atoms with E-state index in [0.717, 1.165) is 11.3 Å². The summed E-state index contributed by atoms with van der Waals surface area (Å²) in [5.41, 5.74) is 2.63. The van der Waals surface area contributed by atoms with Crippen LogP contribution < -0.4 is 9.47 Å². The average Bonchev–Trinajstić information content (AvgIpc) is 3.17. The third kappa shape index (κ3) is 3.33. The minimum Gasteiger partial charge on any atom is -0.493 e. The van der Waals surface area contributed by atoms with Crippen LogP contribution in [-0.2, 0) is 16.6 Å². The predicted molar refractivity (Wildman–Crippen MR) is 97.4 cm³/mol. The van der Waals surface area contributed by atoms with E-state index in [9.17, 15) is 4.79 Å². The second kappa shape index (κ2) is 7.03. The molecule has 1 aromatic heterocycles. The third-order valence-electron chi connectivity index (χ3n) is 3.98. The maximum atomic E-state index is 12.2. The van der Waals surface area contributed by atoms with Gasteiger partial charge in [-0.05, 0) is 30.2 Å². The van der Waals surface area contributed by atoms with Crippen molar-refractivity contribution in [1.82, 2.24) is 9.78 Å². The van der Waals surface area contributed by atoms with Gasteiger partial charge in [0.15, 0.2) is 17.2 Å². The maximum Gasteiger partial charge on any atom is 0.363 e. The number of aliphatic imine (C=N–C) groups is 1. The molecule has 1 aromatic carbocycles. The molecule has 0 atom stereocenters. The van der Waals surface area contributed by atoms with Gasteiger partial charge >= 0.3 is 5.97 Å². The molecular weight excluding hydrogens is 334 g/mol. The summed E-state index contributed by atoms with van der Waals surface area (Å²) in [7, 11) is 4.95. The summed E-state index contributed by atoms with van der Waals surface area (Å²) in [5.74, 6) is 1.10. The van der Waals surface area contributed by atoms with E-state index in [1.165, 1.54) is 0 Å². The Kier molecular flexibility index (Phi) is 4.79. The van der Waals surface area contributed by atoms with Gasteiger partial charge in [0.05, 0.1) is 19.9 Å². The van der Waals surface area contributed by atoms with Crippen LogP contribution in [-0.4, -0.2) is 35.9 Å². The highest BCUT2D eigenvalue weighted by molar-refractivity contribution is 6.13. The van der Waals surface area contributed by atoms with E-state index < -0.39 is 5.97 Å². The van der Waals surface area contributed by atoms with Crippen LogP contribution in [0.5, 0.6) is 11.5 Å². The molecule has 3 rings (SSSR count). The zero-order valence-electron chi connectivity index (χ0n) is 15.4. The Hall–Kier alpha value is -3.09. The predicted octanol–water partition coefficient (Wildman–Crippen LogP) is 2.91. The van der Waals surface area contributed by atoms with Crippen molar-refractivity contribution in [2.45, 2.75) is 19.8 Å². The summed E-state index contributed by atoms with van der Waals surface area (Å²) in [6, 6.07) is 5.22. The first-order valence-corrected chi connectivity index (χ1v) is 8.21.